The van der Waals surface area contributed by atoms with Crippen molar-refractivity contribution in [1.29, 1.82) is 0 Å². The summed E-state index contributed by atoms with van der Waals surface area (Å²) in [6, 6.07) is 10.8. The molecule has 3 nitrogen and oxygen atoms in total. The standard InChI is InChI=1S/C17H19N3/c1-2-3-4-13-5-7-14(8-6-13)11-16-17-15(9-10-18-16)19-12-20-17/h5-10,12H,2-4,11H2,1H3,(H,19,20). The lowest BCUT2D eigenvalue weighted by molar-refractivity contribution is 0.794. The van der Waals surface area contributed by atoms with Gasteiger partial charge in [0.2, 0.25) is 0 Å². The molecule has 0 unspecified atom stereocenters. The van der Waals surface area contributed by atoms with Gasteiger partial charge in [0.1, 0.15) is 0 Å². The average Bonchev–Trinajstić information content (AvgIpc) is 2.96. The molecule has 0 radical (unpaired) electrons. The summed E-state index contributed by atoms with van der Waals surface area (Å²) < 4.78 is 0. The van der Waals surface area contributed by atoms with Crippen molar-refractivity contribution in [3.05, 3.63) is 59.7 Å². The molecule has 0 aliphatic heterocycles. The van der Waals surface area contributed by atoms with Crippen LogP contribution in [0.1, 0.15) is 36.6 Å². The quantitative estimate of drug-likeness (QED) is 0.760. The molecule has 0 amide bonds. The van der Waals surface area contributed by atoms with E-state index in [-0.39, 0.29) is 0 Å². The van der Waals surface area contributed by atoms with E-state index in [9.17, 15) is 0 Å². The van der Waals surface area contributed by atoms with Gasteiger partial charge in [0.05, 0.1) is 23.1 Å². The van der Waals surface area contributed by atoms with Gasteiger partial charge in [-0.3, -0.25) is 4.98 Å². The number of H-pyrrole nitrogens is 1. The minimum absolute atomic E-state index is 0.841. The number of fused-ring (bicyclic) bond motifs is 1. The van der Waals surface area contributed by atoms with Crippen LogP contribution >= 0.6 is 0 Å². The van der Waals surface area contributed by atoms with E-state index in [1.807, 2.05) is 12.3 Å². The van der Waals surface area contributed by atoms with Crippen molar-refractivity contribution < 1.29 is 0 Å². The lowest BCUT2D eigenvalue weighted by Crippen LogP contribution is -1.94. The van der Waals surface area contributed by atoms with Crippen molar-refractivity contribution in [3.8, 4) is 0 Å². The molecule has 3 aromatic rings. The van der Waals surface area contributed by atoms with Crippen molar-refractivity contribution in [1.82, 2.24) is 15.0 Å². The van der Waals surface area contributed by atoms with E-state index in [4.69, 9.17) is 0 Å². The number of benzene rings is 1. The third kappa shape index (κ3) is 2.72. The van der Waals surface area contributed by atoms with Crippen LogP contribution in [0.5, 0.6) is 0 Å². The summed E-state index contributed by atoms with van der Waals surface area (Å²) in [5.74, 6) is 0. The van der Waals surface area contributed by atoms with Gasteiger partial charge in [0.15, 0.2) is 0 Å². The summed E-state index contributed by atoms with van der Waals surface area (Å²) >= 11 is 0. The van der Waals surface area contributed by atoms with E-state index in [2.05, 4.69) is 46.1 Å². The molecule has 0 spiro atoms. The van der Waals surface area contributed by atoms with Gasteiger partial charge in [-0.25, -0.2) is 4.98 Å². The molecule has 2 aromatic heterocycles. The fraction of sp³-hybridized carbons (Fsp3) is 0.294. The lowest BCUT2D eigenvalue weighted by atomic mass is 10.0. The molecule has 1 N–H and O–H groups in total. The normalized spacial score (nSPS) is 11.1. The molecule has 0 saturated heterocycles. The predicted molar refractivity (Wildman–Crippen MR) is 81.7 cm³/mol. The lowest BCUT2D eigenvalue weighted by Gasteiger charge is -2.04. The predicted octanol–water partition coefficient (Wildman–Crippen LogP) is 3.89. The number of imidazole rings is 1. The number of nitrogens with one attached hydrogen (secondary N) is 1. The van der Waals surface area contributed by atoms with Gasteiger partial charge in [-0.2, -0.15) is 0 Å². The van der Waals surface area contributed by atoms with E-state index >= 15 is 0 Å². The monoisotopic (exact) mass is 265 g/mol. The van der Waals surface area contributed by atoms with Crippen LogP contribution in [-0.2, 0) is 12.8 Å². The van der Waals surface area contributed by atoms with Gasteiger partial charge in [-0.15, -0.1) is 0 Å². The van der Waals surface area contributed by atoms with Crippen molar-refractivity contribution in [2.45, 2.75) is 32.6 Å². The molecule has 0 atom stereocenters. The zero-order valence-electron chi connectivity index (χ0n) is 11.8. The van der Waals surface area contributed by atoms with Crippen molar-refractivity contribution in [3.63, 3.8) is 0 Å². The first-order valence-corrected chi connectivity index (χ1v) is 7.21. The Bertz CT molecular complexity index is 683. The zero-order valence-corrected chi connectivity index (χ0v) is 11.8. The SMILES string of the molecule is CCCCc1ccc(Cc2nccc3nc[nH]c23)cc1. The first-order valence-electron chi connectivity index (χ1n) is 7.21. The highest BCUT2D eigenvalue weighted by atomic mass is 14.9. The second kappa shape index (κ2) is 5.87. The number of aromatic amines is 1. The first kappa shape index (κ1) is 12.9. The van der Waals surface area contributed by atoms with Crippen LogP contribution in [0.2, 0.25) is 0 Å². The number of hydrogen-bond donors (Lipinski definition) is 1. The van der Waals surface area contributed by atoms with Gasteiger partial charge >= 0.3 is 0 Å². The maximum absolute atomic E-state index is 4.48. The van der Waals surface area contributed by atoms with E-state index in [1.54, 1.807) is 6.33 Å². The van der Waals surface area contributed by atoms with Gasteiger partial charge in [-0.05, 0) is 30.0 Å². The van der Waals surface area contributed by atoms with E-state index in [0.717, 1.165) is 23.1 Å². The van der Waals surface area contributed by atoms with Gasteiger partial charge in [0, 0.05) is 12.6 Å². The maximum Gasteiger partial charge on any atom is 0.0932 e. The topological polar surface area (TPSA) is 41.6 Å². The summed E-state index contributed by atoms with van der Waals surface area (Å²) in [6.07, 6.45) is 8.07. The molecule has 0 saturated carbocycles. The fourth-order valence-electron chi connectivity index (χ4n) is 2.46. The molecule has 0 aliphatic carbocycles. The number of rotatable bonds is 5. The van der Waals surface area contributed by atoms with E-state index < -0.39 is 0 Å². The molecule has 0 bridgehead atoms. The van der Waals surface area contributed by atoms with E-state index in [0.29, 0.717) is 0 Å². The van der Waals surface area contributed by atoms with Gasteiger partial charge in [-0.1, -0.05) is 37.6 Å². The van der Waals surface area contributed by atoms with Crippen LogP contribution in [-0.4, -0.2) is 15.0 Å². The van der Waals surface area contributed by atoms with Crippen LogP contribution in [0.15, 0.2) is 42.9 Å². The van der Waals surface area contributed by atoms with Crippen molar-refractivity contribution in [2.24, 2.45) is 0 Å². The zero-order chi connectivity index (χ0) is 13.8. The number of pyridine rings is 1. The Morgan fingerprint density at radius 2 is 1.80 bits per heavy atom. The first-order chi connectivity index (χ1) is 9.86. The molecule has 0 aliphatic rings. The third-order valence-corrected chi connectivity index (χ3v) is 3.63. The van der Waals surface area contributed by atoms with Crippen LogP contribution in [0.25, 0.3) is 11.0 Å². The van der Waals surface area contributed by atoms with Crippen LogP contribution in [0, 0.1) is 0 Å². The molecule has 3 rings (SSSR count). The number of aromatic nitrogens is 3. The molecular weight excluding hydrogens is 246 g/mol. The summed E-state index contributed by atoms with van der Waals surface area (Å²) in [6.45, 7) is 2.23. The molecule has 1 aromatic carbocycles. The summed E-state index contributed by atoms with van der Waals surface area (Å²) in [5, 5.41) is 0. The Morgan fingerprint density at radius 3 is 2.60 bits per heavy atom. The van der Waals surface area contributed by atoms with Crippen molar-refractivity contribution >= 4 is 11.0 Å². The average molecular weight is 265 g/mol. The third-order valence-electron chi connectivity index (χ3n) is 3.63. The van der Waals surface area contributed by atoms with Crippen LogP contribution < -0.4 is 0 Å². The second-order valence-electron chi connectivity index (χ2n) is 5.15. The number of aryl methyl sites for hydroxylation is 1. The highest BCUT2D eigenvalue weighted by Gasteiger charge is 2.05. The highest BCUT2D eigenvalue weighted by molar-refractivity contribution is 5.76. The minimum Gasteiger partial charge on any atom is -0.343 e. The number of nitrogens with zero attached hydrogens (tertiary/aromatic N) is 2. The maximum atomic E-state index is 4.48. The number of unbranched alkanes of at least 4 members (excludes halogenated alkanes) is 1. The van der Waals surface area contributed by atoms with Crippen molar-refractivity contribution in [2.75, 3.05) is 0 Å². The van der Waals surface area contributed by atoms with Crippen LogP contribution in [0.3, 0.4) is 0 Å². The highest BCUT2D eigenvalue weighted by Crippen LogP contribution is 2.16. The molecule has 102 valence electrons. The Morgan fingerprint density at radius 1 is 1.00 bits per heavy atom. The Hall–Kier alpha value is -2.16. The Balaban J connectivity index is 1.79. The van der Waals surface area contributed by atoms with E-state index in [1.165, 1.54) is 30.4 Å². The molecule has 2 heterocycles. The molecule has 20 heavy (non-hydrogen) atoms. The summed E-state index contributed by atoms with van der Waals surface area (Å²) in [4.78, 5) is 11.9. The molecule has 0 fully saturated rings. The summed E-state index contributed by atoms with van der Waals surface area (Å²) in [5.41, 5.74) is 5.79. The molecular formula is C17H19N3. The Labute approximate surface area is 119 Å². The largest absolute Gasteiger partial charge is 0.343 e. The van der Waals surface area contributed by atoms with Crippen LogP contribution in [0.4, 0.5) is 0 Å². The smallest absolute Gasteiger partial charge is 0.0932 e. The minimum atomic E-state index is 0.841. The second-order valence-corrected chi connectivity index (χ2v) is 5.15. The molecule has 3 heteroatoms. The van der Waals surface area contributed by atoms with Gasteiger partial charge in [0.25, 0.3) is 0 Å². The van der Waals surface area contributed by atoms with Gasteiger partial charge < -0.3 is 4.98 Å². The summed E-state index contributed by atoms with van der Waals surface area (Å²) in [7, 11) is 0. The Kier molecular flexibility index (Phi) is 3.77. The fourth-order valence-corrected chi connectivity index (χ4v) is 2.46. The number of hydrogen-bond acceptors (Lipinski definition) is 2.